The third kappa shape index (κ3) is 1.32. The van der Waals surface area contributed by atoms with Crippen LogP contribution in [-0.4, -0.2) is 4.98 Å². The second kappa shape index (κ2) is 3.23. The molecule has 0 unspecified atom stereocenters. The zero-order chi connectivity index (χ0) is 12.2. The molecule has 0 bridgehead atoms. The third-order valence-corrected chi connectivity index (χ3v) is 2.68. The maximum absolute atomic E-state index is 13.6. The Bertz CT molecular complexity index is 745. The summed E-state index contributed by atoms with van der Waals surface area (Å²) in [6, 6.07) is 4.00. The molecule has 1 nitrogen and oxygen atoms in total. The monoisotopic (exact) mass is 239 g/mol. The van der Waals surface area contributed by atoms with Crippen molar-refractivity contribution in [3.8, 4) is 0 Å². The summed E-state index contributed by atoms with van der Waals surface area (Å²) < 4.78 is 53.2. The van der Waals surface area contributed by atoms with Crippen molar-refractivity contribution in [1.29, 1.82) is 0 Å². The molecule has 86 valence electrons. The number of benzene rings is 2. The fourth-order valence-electron chi connectivity index (χ4n) is 1.94. The lowest BCUT2D eigenvalue weighted by atomic mass is 10.1. The van der Waals surface area contributed by atoms with E-state index in [1.165, 1.54) is 6.07 Å². The van der Waals surface area contributed by atoms with Crippen molar-refractivity contribution < 1.29 is 17.6 Å². The van der Waals surface area contributed by atoms with Crippen LogP contribution in [0.1, 0.15) is 0 Å². The molecule has 0 spiro atoms. The fourth-order valence-corrected chi connectivity index (χ4v) is 1.94. The predicted molar refractivity (Wildman–Crippen MR) is 55.6 cm³/mol. The molecule has 0 aliphatic heterocycles. The van der Waals surface area contributed by atoms with Crippen molar-refractivity contribution >= 4 is 21.8 Å². The molecule has 1 heterocycles. The maximum Gasteiger partial charge on any atom is 0.169 e. The lowest BCUT2D eigenvalue weighted by Gasteiger charge is -1.97. The molecule has 1 aromatic heterocycles. The first-order chi connectivity index (χ1) is 8.08. The van der Waals surface area contributed by atoms with Crippen LogP contribution in [0.4, 0.5) is 17.6 Å². The summed E-state index contributed by atoms with van der Waals surface area (Å²) in [6.07, 6.45) is 0. The van der Waals surface area contributed by atoms with Crippen LogP contribution in [0, 0.1) is 23.3 Å². The van der Waals surface area contributed by atoms with Gasteiger partial charge in [0, 0.05) is 22.4 Å². The van der Waals surface area contributed by atoms with Gasteiger partial charge in [-0.3, -0.25) is 0 Å². The highest BCUT2D eigenvalue weighted by atomic mass is 19.2. The standard InChI is InChI=1S/C12H5F4N/c13-5-1-2-9-6(3-5)10-11(16)7(14)4-8(15)12(10)17-9/h1-4,17H. The number of aromatic nitrogens is 1. The summed E-state index contributed by atoms with van der Waals surface area (Å²) in [6.45, 7) is 0. The summed E-state index contributed by atoms with van der Waals surface area (Å²) in [5.41, 5.74) is 0.189. The van der Waals surface area contributed by atoms with Crippen molar-refractivity contribution in [2.24, 2.45) is 0 Å². The van der Waals surface area contributed by atoms with Gasteiger partial charge in [-0.15, -0.1) is 0 Å². The van der Waals surface area contributed by atoms with Gasteiger partial charge in [-0.25, -0.2) is 17.6 Å². The SMILES string of the molecule is Fc1ccc2[nH]c3c(F)cc(F)c(F)c3c2c1. The van der Waals surface area contributed by atoms with E-state index in [9.17, 15) is 17.6 Å². The normalized spacial score (nSPS) is 11.5. The topological polar surface area (TPSA) is 15.8 Å². The number of hydrogen-bond donors (Lipinski definition) is 1. The molecule has 0 saturated carbocycles. The van der Waals surface area contributed by atoms with Gasteiger partial charge in [0.2, 0.25) is 0 Å². The van der Waals surface area contributed by atoms with Crippen LogP contribution in [0.3, 0.4) is 0 Å². The van der Waals surface area contributed by atoms with Crippen molar-refractivity contribution in [2.75, 3.05) is 0 Å². The summed E-state index contributed by atoms with van der Waals surface area (Å²) in [7, 11) is 0. The van der Waals surface area contributed by atoms with Crippen LogP contribution in [-0.2, 0) is 0 Å². The van der Waals surface area contributed by atoms with Crippen LogP contribution < -0.4 is 0 Å². The zero-order valence-electron chi connectivity index (χ0n) is 8.32. The van der Waals surface area contributed by atoms with E-state index in [4.69, 9.17) is 0 Å². The summed E-state index contributed by atoms with van der Waals surface area (Å²) in [5, 5.41) is -0.145. The molecule has 5 heteroatoms. The quantitative estimate of drug-likeness (QED) is 0.452. The van der Waals surface area contributed by atoms with E-state index in [0.29, 0.717) is 11.6 Å². The van der Waals surface area contributed by atoms with E-state index >= 15 is 0 Å². The maximum atomic E-state index is 13.6. The lowest BCUT2D eigenvalue weighted by molar-refractivity contribution is 0.506. The van der Waals surface area contributed by atoms with Crippen LogP contribution in [0.15, 0.2) is 24.3 Å². The second-order valence-corrected chi connectivity index (χ2v) is 3.72. The third-order valence-electron chi connectivity index (χ3n) is 2.68. The van der Waals surface area contributed by atoms with Crippen LogP contribution in [0.25, 0.3) is 21.8 Å². The molecule has 0 radical (unpaired) electrons. The van der Waals surface area contributed by atoms with Gasteiger partial charge in [0.1, 0.15) is 11.6 Å². The van der Waals surface area contributed by atoms with Gasteiger partial charge in [-0.2, -0.15) is 0 Å². The molecule has 2 aromatic carbocycles. The summed E-state index contributed by atoms with van der Waals surface area (Å²) in [4.78, 5) is 2.59. The number of H-pyrrole nitrogens is 1. The smallest absolute Gasteiger partial charge is 0.169 e. The molecular weight excluding hydrogens is 234 g/mol. The Morgan fingerprint density at radius 2 is 1.65 bits per heavy atom. The summed E-state index contributed by atoms with van der Waals surface area (Å²) in [5.74, 6) is -3.98. The molecular formula is C12H5F4N. The van der Waals surface area contributed by atoms with E-state index < -0.39 is 23.3 Å². The number of aromatic amines is 1. The van der Waals surface area contributed by atoms with Gasteiger partial charge in [-0.05, 0) is 18.2 Å². The van der Waals surface area contributed by atoms with Gasteiger partial charge in [0.05, 0.1) is 5.52 Å². The molecule has 0 aliphatic rings. The Morgan fingerprint density at radius 1 is 0.882 bits per heavy atom. The van der Waals surface area contributed by atoms with Gasteiger partial charge in [0.15, 0.2) is 11.6 Å². The Kier molecular flexibility index (Phi) is 1.92. The first kappa shape index (κ1) is 10.1. The predicted octanol–water partition coefficient (Wildman–Crippen LogP) is 3.88. The molecule has 0 aliphatic carbocycles. The van der Waals surface area contributed by atoms with E-state index in [2.05, 4.69) is 4.98 Å². The Balaban J connectivity index is 2.63. The van der Waals surface area contributed by atoms with E-state index in [-0.39, 0.29) is 16.3 Å². The number of hydrogen-bond acceptors (Lipinski definition) is 0. The van der Waals surface area contributed by atoms with Crippen LogP contribution in [0.2, 0.25) is 0 Å². The highest BCUT2D eigenvalue weighted by Crippen LogP contribution is 2.31. The van der Waals surface area contributed by atoms with E-state index in [1.807, 2.05) is 0 Å². The minimum absolute atomic E-state index is 0.121. The Hall–Kier alpha value is -2.04. The molecule has 0 fully saturated rings. The minimum Gasteiger partial charge on any atom is -0.352 e. The molecule has 17 heavy (non-hydrogen) atoms. The number of rotatable bonds is 0. The Labute approximate surface area is 92.7 Å². The first-order valence-electron chi connectivity index (χ1n) is 4.82. The van der Waals surface area contributed by atoms with Crippen molar-refractivity contribution in [3.63, 3.8) is 0 Å². The van der Waals surface area contributed by atoms with E-state index in [1.54, 1.807) is 0 Å². The molecule has 0 amide bonds. The minimum atomic E-state index is -1.29. The zero-order valence-corrected chi connectivity index (χ0v) is 8.32. The van der Waals surface area contributed by atoms with Crippen molar-refractivity contribution in [1.82, 2.24) is 4.98 Å². The van der Waals surface area contributed by atoms with Gasteiger partial charge in [0.25, 0.3) is 0 Å². The first-order valence-corrected chi connectivity index (χ1v) is 4.82. The fraction of sp³-hybridized carbons (Fsp3) is 0. The van der Waals surface area contributed by atoms with Crippen LogP contribution >= 0.6 is 0 Å². The van der Waals surface area contributed by atoms with Crippen molar-refractivity contribution in [3.05, 3.63) is 47.5 Å². The van der Waals surface area contributed by atoms with Gasteiger partial charge < -0.3 is 4.98 Å². The molecule has 0 saturated heterocycles. The van der Waals surface area contributed by atoms with Crippen LogP contribution in [0.5, 0.6) is 0 Å². The van der Waals surface area contributed by atoms with Gasteiger partial charge in [-0.1, -0.05) is 0 Å². The largest absolute Gasteiger partial charge is 0.352 e. The Morgan fingerprint density at radius 3 is 2.41 bits per heavy atom. The second-order valence-electron chi connectivity index (χ2n) is 3.72. The average Bonchev–Trinajstić information content (AvgIpc) is 2.65. The molecule has 3 aromatic rings. The molecule has 3 rings (SSSR count). The highest BCUT2D eigenvalue weighted by Gasteiger charge is 2.17. The highest BCUT2D eigenvalue weighted by molar-refractivity contribution is 6.07. The van der Waals surface area contributed by atoms with E-state index in [0.717, 1.165) is 12.1 Å². The molecule has 1 N–H and O–H groups in total. The average molecular weight is 239 g/mol. The number of nitrogens with one attached hydrogen (secondary N) is 1. The molecule has 0 atom stereocenters. The lowest BCUT2D eigenvalue weighted by Crippen LogP contribution is -1.88. The van der Waals surface area contributed by atoms with Gasteiger partial charge >= 0.3 is 0 Å². The van der Waals surface area contributed by atoms with Crippen molar-refractivity contribution in [2.45, 2.75) is 0 Å². The number of fused-ring (bicyclic) bond motifs is 3. The number of halogens is 4. The summed E-state index contributed by atoms with van der Waals surface area (Å²) >= 11 is 0.